The van der Waals surface area contributed by atoms with Gasteiger partial charge in [0.2, 0.25) is 5.91 Å². The fraction of sp³-hybridized carbons (Fsp3) is 0.929. The summed E-state index contributed by atoms with van der Waals surface area (Å²) in [6.45, 7) is -1.00. The number of nitrogens with one attached hydrogen (secondary N) is 1. The number of aliphatic hydroxyl groups is 5. The molecule has 8 N–H and O–H groups in total. The van der Waals surface area contributed by atoms with E-state index in [2.05, 4.69) is 13.7 Å². The first-order valence-corrected chi connectivity index (χ1v) is 12.1. The fourth-order valence-corrected chi connectivity index (χ4v) is 4.18. The van der Waals surface area contributed by atoms with Gasteiger partial charge in [-0.3, -0.25) is 13.9 Å². The average Bonchev–Trinajstić information content (AvgIpc) is 2.69. The molecule has 2 heterocycles. The Hall–Kier alpha value is -1.11. The lowest BCUT2D eigenvalue weighted by Gasteiger charge is -2.46. The molecule has 2 fully saturated rings. The molecule has 0 spiro atoms. The van der Waals surface area contributed by atoms with E-state index >= 15 is 0 Å². The normalized spacial score (nSPS) is 39.5. The molecule has 0 aromatic carbocycles. The third-order valence-electron chi connectivity index (χ3n) is 4.79. The van der Waals surface area contributed by atoms with Crippen LogP contribution in [0.3, 0.4) is 0 Å². The summed E-state index contributed by atoms with van der Waals surface area (Å²) in [7, 11) is -10.4. The molecule has 200 valence electrons. The number of rotatable bonds is 9. The molecule has 20 heteroatoms. The SMILES string of the molecule is CC(=O)N[C@@H]1[C@@H](O)[C@H](O[C@@H]2O[C@H](COS(=O)(=O)O)[C@H](OS(=O)(=O)O)[C@H](O)[C@H]2O)[C@@H](CO)O[C@H]1O. The van der Waals surface area contributed by atoms with Crippen LogP contribution in [0.4, 0.5) is 0 Å². The van der Waals surface area contributed by atoms with Crippen molar-refractivity contribution in [2.45, 2.75) is 68.3 Å². The summed E-state index contributed by atoms with van der Waals surface area (Å²) in [6, 6.07) is -1.48. The van der Waals surface area contributed by atoms with Crippen LogP contribution in [0.1, 0.15) is 6.92 Å². The van der Waals surface area contributed by atoms with Crippen LogP contribution in [0.5, 0.6) is 0 Å². The predicted octanol–water partition coefficient (Wildman–Crippen LogP) is -5.60. The fourth-order valence-electron chi connectivity index (χ4n) is 3.36. The maximum absolute atomic E-state index is 11.3. The molecule has 0 aromatic rings. The van der Waals surface area contributed by atoms with Crippen LogP contribution in [-0.2, 0) is 48.2 Å². The third kappa shape index (κ3) is 7.69. The van der Waals surface area contributed by atoms with Crippen LogP contribution >= 0.6 is 0 Å². The minimum Gasteiger partial charge on any atom is -0.394 e. The van der Waals surface area contributed by atoms with Crippen molar-refractivity contribution in [2.24, 2.45) is 0 Å². The molecular formula is C14H25NO17S2. The highest BCUT2D eigenvalue weighted by atomic mass is 32.3. The van der Waals surface area contributed by atoms with E-state index in [1.165, 1.54) is 0 Å². The Labute approximate surface area is 192 Å². The summed E-state index contributed by atoms with van der Waals surface area (Å²) < 4.78 is 85.5. The van der Waals surface area contributed by atoms with Gasteiger partial charge >= 0.3 is 20.8 Å². The number of carbonyl (C=O) groups excluding carboxylic acids is 1. The number of hydrogen-bond donors (Lipinski definition) is 8. The molecule has 34 heavy (non-hydrogen) atoms. The van der Waals surface area contributed by atoms with Gasteiger partial charge in [0.05, 0.1) is 13.2 Å². The minimum atomic E-state index is -5.28. The monoisotopic (exact) mass is 543 g/mol. The van der Waals surface area contributed by atoms with E-state index in [1.807, 2.05) is 0 Å². The van der Waals surface area contributed by atoms with E-state index in [4.69, 9.17) is 23.3 Å². The van der Waals surface area contributed by atoms with Gasteiger partial charge in [-0.2, -0.15) is 16.8 Å². The van der Waals surface area contributed by atoms with Crippen molar-refractivity contribution in [1.29, 1.82) is 0 Å². The van der Waals surface area contributed by atoms with E-state index in [9.17, 15) is 47.2 Å². The Morgan fingerprint density at radius 1 is 0.912 bits per heavy atom. The van der Waals surface area contributed by atoms with Crippen molar-refractivity contribution >= 4 is 26.7 Å². The number of carbonyl (C=O) groups is 1. The molecule has 0 aliphatic carbocycles. The summed E-state index contributed by atoms with van der Waals surface area (Å²) >= 11 is 0. The molecular weight excluding hydrogens is 518 g/mol. The van der Waals surface area contributed by atoms with Gasteiger partial charge in [-0.15, -0.1) is 0 Å². The summed E-state index contributed by atoms with van der Waals surface area (Å²) in [5.74, 6) is -0.690. The summed E-state index contributed by atoms with van der Waals surface area (Å²) in [6.07, 6.45) is -17.2. The van der Waals surface area contributed by atoms with Gasteiger partial charge in [0.1, 0.15) is 48.8 Å². The van der Waals surface area contributed by atoms with Crippen LogP contribution in [0, 0.1) is 0 Å². The Morgan fingerprint density at radius 3 is 2.03 bits per heavy atom. The van der Waals surface area contributed by atoms with Gasteiger partial charge in [0.15, 0.2) is 12.6 Å². The topological polar surface area (TPSA) is 285 Å². The Kier molecular flexibility index (Phi) is 9.68. The van der Waals surface area contributed by atoms with Gasteiger partial charge in [0, 0.05) is 6.92 Å². The van der Waals surface area contributed by atoms with Crippen LogP contribution in [0.2, 0.25) is 0 Å². The van der Waals surface area contributed by atoms with Crippen molar-refractivity contribution in [3.8, 4) is 0 Å². The Morgan fingerprint density at radius 2 is 1.53 bits per heavy atom. The largest absolute Gasteiger partial charge is 0.397 e. The maximum Gasteiger partial charge on any atom is 0.397 e. The average molecular weight is 543 g/mol. The zero-order chi connectivity index (χ0) is 26.0. The quantitative estimate of drug-likeness (QED) is 0.126. The van der Waals surface area contributed by atoms with Gasteiger partial charge in [0.25, 0.3) is 0 Å². The molecule has 0 bridgehead atoms. The van der Waals surface area contributed by atoms with Gasteiger partial charge in [-0.25, -0.2) is 8.37 Å². The molecule has 18 nitrogen and oxygen atoms in total. The first-order valence-electron chi connectivity index (χ1n) is 9.38. The second-order valence-corrected chi connectivity index (χ2v) is 9.43. The maximum atomic E-state index is 11.3. The predicted molar refractivity (Wildman–Crippen MR) is 101 cm³/mol. The van der Waals surface area contributed by atoms with Crippen molar-refractivity contribution in [3.63, 3.8) is 0 Å². The standard InChI is InChI=1S/C14H25NO17S2/c1-4(17)15-7-8(18)11(5(2-16)29-13(7)21)31-14-10(20)9(19)12(32-34(25,26)27)6(30-14)3-28-33(22,23)24/h5-14,16,18-21H,2-3H2,1H3,(H,15,17)(H,22,23,24)(H,25,26,27)/t5-,6-,7-,8-,9-,10-,11-,12+,13-,14+/m1/s1. The van der Waals surface area contributed by atoms with E-state index < -0.39 is 101 Å². The molecule has 0 aromatic heterocycles. The smallest absolute Gasteiger partial charge is 0.394 e. The van der Waals surface area contributed by atoms with Crippen LogP contribution in [-0.4, -0.2) is 132 Å². The van der Waals surface area contributed by atoms with Gasteiger partial charge in [-0.05, 0) is 0 Å². The molecule has 10 atom stereocenters. The number of aliphatic hydroxyl groups excluding tert-OH is 5. The lowest BCUT2D eigenvalue weighted by molar-refractivity contribution is -0.342. The molecule has 2 aliphatic rings. The zero-order valence-electron chi connectivity index (χ0n) is 17.2. The van der Waals surface area contributed by atoms with E-state index in [0.29, 0.717) is 0 Å². The molecule has 2 rings (SSSR count). The molecule has 2 aliphatic heterocycles. The molecule has 2 saturated heterocycles. The number of amides is 1. The highest BCUT2D eigenvalue weighted by Crippen LogP contribution is 2.30. The van der Waals surface area contributed by atoms with E-state index in [1.54, 1.807) is 0 Å². The Balaban J connectivity index is 2.29. The second-order valence-electron chi connectivity index (χ2n) is 7.29. The molecule has 1 amide bonds. The van der Waals surface area contributed by atoms with Gasteiger partial charge in [-0.1, -0.05) is 0 Å². The van der Waals surface area contributed by atoms with Crippen molar-refractivity contribution < 1.29 is 78.8 Å². The van der Waals surface area contributed by atoms with Crippen LogP contribution < -0.4 is 5.32 Å². The minimum absolute atomic E-state index is 0.690. The summed E-state index contributed by atoms with van der Waals surface area (Å²) in [4.78, 5) is 11.3. The van der Waals surface area contributed by atoms with Crippen molar-refractivity contribution in [1.82, 2.24) is 5.32 Å². The van der Waals surface area contributed by atoms with E-state index in [0.717, 1.165) is 6.92 Å². The molecule has 0 radical (unpaired) electrons. The number of hydrogen-bond acceptors (Lipinski definition) is 15. The van der Waals surface area contributed by atoms with Gasteiger partial charge < -0.3 is 45.1 Å². The van der Waals surface area contributed by atoms with Crippen molar-refractivity contribution in [3.05, 3.63) is 0 Å². The molecule has 0 saturated carbocycles. The zero-order valence-corrected chi connectivity index (χ0v) is 18.9. The summed E-state index contributed by atoms with van der Waals surface area (Å²) in [5, 5.41) is 52.8. The first kappa shape index (κ1) is 29.1. The summed E-state index contributed by atoms with van der Waals surface area (Å²) in [5.41, 5.74) is 0. The van der Waals surface area contributed by atoms with Crippen molar-refractivity contribution in [2.75, 3.05) is 13.2 Å². The highest BCUT2D eigenvalue weighted by Gasteiger charge is 2.52. The highest BCUT2D eigenvalue weighted by molar-refractivity contribution is 7.81. The van der Waals surface area contributed by atoms with Crippen LogP contribution in [0.25, 0.3) is 0 Å². The second kappa shape index (κ2) is 11.3. The lowest BCUT2D eigenvalue weighted by Crippen LogP contribution is -2.67. The van der Waals surface area contributed by atoms with E-state index in [-0.39, 0.29) is 0 Å². The lowest BCUT2D eigenvalue weighted by atomic mass is 9.95. The third-order valence-corrected chi connectivity index (χ3v) is 5.69. The number of ether oxygens (including phenoxy) is 3. The van der Waals surface area contributed by atoms with Crippen LogP contribution in [0.15, 0.2) is 0 Å². The molecule has 0 unspecified atom stereocenters. The Bertz CT molecular complexity index is 911. The first-order chi connectivity index (χ1) is 15.5.